The molecule has 4 rings (SSSR count). The van der Waals surface area contributed by atoms with Gasteiger partial charge in [-0.3, -0.25) is 9.69 Å². The average molecular weight is 411 g/mol. The van der Waals surface area contributed by atoms with Crippen LogP contribution in [-0.2, 0) is 11.3 Å². The van der Waals surface area contributed by atoms with E-state index in [1.807, 2.05) is 60.8 Å². The molecule has 0 unspecified atom stereocenters. The van der Waals surface area contributed by atoms with E-state index in [1.54, 1.807) is 28.6 Å². The first-order valence-corrected chi connectivity index (χ1v) is 10.5. The number of carbonyl (C=O) groups is 1. The fourth-order valence-electron chi connectivity index (χ4n) is 2.69. The number of rotatable bonds is 7. The Morgan fingerprint density at radius 1 is 1.29 bits per heavy atom. The highest BCUT2D eigenvalue weighted by Crippen LogP contribution is 2.32. The number of carbonyl (C=O) groups excluding carboxylic acids is 1. The molecule has 0 bridgehead atoms. The second-order valence-corrected chi connectivity index (χ2v) is 7.90. The Bertz CT molecular complexity index is 1080. The van der Waals surface area contributed by atoms with Crippen LogP contribution < -0.4 is 9.64 Å². The van der Waals surface area contributed by atoms with Crippen molar-refractivity contribution in [2.45, 2.75) is 13.5 Å². The van der Waals surface area contributed by atoms with E-state index in [0.717, 1.165) is 20.8 Å². The summed E-state index contributed by atoms with van der Waals surface area (Å²) in [5.41, 5.74) is 0.836. The molecule has 7 heteroatoms. The quantitative estimate of drug-likeness (QED) is 0.372. The van der Waals surface area contributed by atoms with Gasteiger partial charge in [-0.05, 0) is 54.8 Å². The van der Waals surface area contributed by atoms with E-state index in [9.17, 15) is 4.79 Å². The third-order valence-electron chi connectivity index (χ3n) is 3.98. The predicted molar refractivity (Wildman–Crippen MR) is 114 cm³/mol. The van der Waals surface area contributed by atoms with Gasteiger partial charge >= 0.3 is 0 Å². The van der Waals surface area contributed by atoms with Crippen LogP contribution >= 0.6 is 22.7 Å². The zero-order valence-electron chi connectivity index (χ0n) is 15.2. The van der Waals surface area contributed by atoms with Crippen molar-refractivity contribution in [1.29, 1.82) is 0 Å². The molecule has 142 valence electrons. The van der Waals surface area contributed by atoms with Crippen molar-refractivity contribution in [3.8, 4) is 5.75 Å². The number of ether oxygens (including phenoxy) is 1. The first-order valence-electron chi connectivity index (χ1n) is 8.82. The SMILES string of the molecule is CCOc1ccc2nc(N(Cc3ccco3)C(=O)/C=C/c3cccs3)sc2c1. The summed E-state index contributed by atoms with van der Waals surface area (Å²) in [6, 6.07) is 13.4. The van der Waals surface area contributed by atoms with E-state index in [0.29, 0.717) is 24.0 Å². The van der Waals surface area contributed by atoms with Crippen molar-refractivity contribution >= 4 is 50.0 Å². The van der Waals surface area contributed by atoms with E-state index < -0.39 is 0 Å². The maximum atomic E-state index is 13.0. The van der Waals surface area contributed by atoms with Gasteiger partial charge in [-0.15, -0.1) is 11.3 Å². The molecule has 0 radical (unpaired) electrons. The van der Waals surface area contributed by atoms with Crippen molar-refractivity contribution in [2.75, 3.05) is 11.5 Å². The molecule has 0 fully saturated rings. The summed E-state index contributed by atoms with van der Waals surface area (Å²) in [4.78, 5) is 20.3. The zero-order valence-corrected chi connectivity index (χ0v) is 16.8. The highest BCUT2D eigenvalue weighted by Gasteiger charge is 2.20. The van der Waals surface area contributed by atoms with Crippen LogP contribution in [0.3, 0.4) is 0 Å². The van der Waals surface area contributed by atoms with E-state index >= 15 is 0 Å². The van der Waals surface area contributed by atoms with Crippen LogP contribution in [0.25, 0.3) is 16.3 Å². The molecule has 0 saturated heterocycles. The molecule has 1 amide bonds. The molecule has 0 N–H and O–H groups in total. The maximum Gasteiger partial charge on any atom is 0.253 e. The van der Waals surface area contributed by atoms with Crippen LogP contribution in [0.5, 0.6) is 5.75 Å². The molecule has 0 saturated carbocycles. The number of thiophene rings is 1. The number of amides is 1. The monoisotopic (exact) mass is 410 g/mol. The largest absolute Gasteiger partial charge is 0.494 e. The van der Waals surface area contributed by atoms with Gasteiger partial charge < -0.3 is 9.15 Å². The Morgan fingerprint density at radius 2 is 2.21 bits per heavy atom. The Kier molecular flexibility index (Phi) is 5.55. The molecule has 3 heterocycles. The molecule has 1 aromatic carbocycles. The van der Waals surface area contributed by atoms with E-state index in [1.165, 1.54) is 11.3 Å². The minimum Gasteiger partial charge on any atom is -0.494 e. The number of hydrogen-bond acceptors (Lipinski definition) is 6. The van der Waals surface area contributed by atoms with Crippen molar-refractivity contribution in [3.05, 3.63) is 70.8 Å². The Labute approximate surface area is 170 Å². The lowest BCUT2D eigenvalue weighted by Gasteiger charge is -2.16. The standard InChI is InChI=1S/C21H18N2O3S2/c1-2-25-15-7-9-18-19(13-15)28-21(22-18)23(14-16-5-3-11-26-16)20(24)10-8-17-6-4-12-27-17/h3-13H,2,14H2,1H3/b10-8+. The topological polar surface area (TPSA) is 55.6 Å². The fraction of sp³-hybridized carbons (Fsp3) is 0.143. The third kappa shape index (κ3) is 4.16. The third-order valence-corrected chi connectivity index (χ3v) is 5.86. The maximum absolute atomic E-state index is 13.0. The number of nitrogens with zero attached hydrogens (tertiary/aromatic N) is 2. The van der Waals surface area contributed by atoms with Crippen molar-refractivity contribution in [3.63, 3.8) is 0 Å². The summed E-state index contributed by atoms with van der Waals surface area (Å²) >= 11 is 3.04. The molecule has 0 spiro atoms. The van der Waals surface area contributed by atoms with Gasteiger partial charge in [0.25, 0.3) is 5.91 Å². The van der Waals surface area contributed by atoms with Crippen LogP contribution in [0, 0.1) is 0 Å². The summed E-state index contributed by atoms with van der Waals surface area (Å²) in [7, 11) is 0. The second kappa shape index (κ2) is 8.41. The second-order valence-electron chi connectivity index (χ2n) is 5.91. The van der Waals surface area contributed by atoms with Crippen LogP contribution in [0.2, 0.25) is 0 Å². The lowest BCUT2D eigenvalue weighted by molar-refractivity contribution is -0.114. The smallest absolute Gasteiger partial charge is 0.253 e. The predicted octanol–water partition coefficient (Wildman–Crippen LogP) is 5.60. The molecule has 5 nitrogen and oxygen atoms in total. The number of benzene rings is 1. The van der Waals surface area contributed by atoms with E-state index in [-0.39, 0.29) is 5.91 Å². The van der Waals surface area contributed by atoms with Gasteiger partial charge in [-0.1, -0.05) is 17.4 Å². The number of furan rings is 1. The molecule has 0 aliphatic heterocycles. The zero-order chi connectivity index (χ0) is 19.3. The number of aromatic nitrogens is 1. The number of thiazole rings is 1. The summed E-state index contributed by atoms with van der Waals surface area (Å²) < 4.78 is 12.0. The number of fused-ring (bicyclic) bond motifs is 1. The molecular weight excluding hydrogens is 392 g/mol. The van der Waals surface area contributed by atoms with E-state index in [4.69, 9.17) is 9.15 Å². The molecule has 0 aliphatic carbocycles. The van der Waals surface area contributed by atoms with Gasteiger partial charge in [-0.25, -0.2) is 4.98 Å². The summed E-state index contributed by atoms with van der Waals surface area (Å²) in [6.07, 6.45) is 5.00. The lowest BCUT2D eigenvalue weighted by atomic mass is 10.3. The van der Waals surface area contributed by atoms with Crippen molar-refractivity contribution in [1.82, 2.24) is 4.98 Å². The van der Waals surface area contributed by atoms with Gasteiger partial charge in [0, 0.05) is 11.0 Å². The van der Waals surface area contributed by atoms with Crippen molar-refractivity contribution in [2.24, 2.45) is 0 Å². The summed E-state index contributed by atoms with van der Waals surface area (Å²) in [5, 5.41) is 2.61. The normalized spacial score (nSPS) is 11.3. The van der Waals surface area contributed by atoms with Crippen LogP contribution in [0.1, 0.15) is 17.6 Å². The Hall–Kier alpha value is -2.90. The summed E-state index contributed by atoms with van der Waals surface area (Å²) in [6.45, 7) is 2.87. The molecule has 0 aliphatic rings. The summed E-state index contributed by atoms with van der Waals surface area (Å²) in [5.74, 6) is 1.35. The fourth-order valence-corrected chi connectivity index (χ4v) is 4.31. The van der Waals surface area contributed by atoms with Gasteiger partial charge in [0.05, 0.1) is 29.6 Å². The van der Waals surface area contributed by atoms with Gasteiger partial charge in [-0.2, -0.15) is 0 Å². The van der Waals surface area contributed by atoms with Crippen molar-refractivity contribution < 1.29 is 13.9 Å². The van der Waals surface area contributed by atoms with Gasteiger partial charge in [0.15, 0.2) is 5.13 Å². The highest BCUT2D eigenvalue weighted by molar-refractivity contribution is 7.22. The Morgan fingerprint density at radius 3 is 2.96 bits per heavy atom. The molecule has 0 atom stereocenters. The number of anilines is 1. The lowest BCUT2D eigenvalue weighted by Crippen LogP contribution is -2.28. The van der Waals surface area contributed by atoms with Crippen LogP contribution in [0.4, 0.5) is 5.13 Å². The Balaban J connectivity index is 1.66. The molecule has 4 aromatic rings. The molecule has 3 aromatic heterocycles. The first kappa shape index (κ1) is 18.5. The minimum atomic E-state index is -0.145. The average Bonchev–Trinajstić information content (AvgIpc) is 3.45. The van der Waals surface area contributed by atoms with E-state index in [2.05, 4.69) is 4.98 Å². The highest BCUT2D eigenvalue weighted by atomic mass is 32.1. The van der Waals surface area contributed by atoms with Gasteiger partial charge in [0.2, 0.25) is 0 Å². The van der Waals surface area contributed by atoms with Crippen LogP contribution in [-0.4, -0.2) is 17.5 Å². The van der Waals surface area contributed by atoms with Crippen LogP contribution in [0.15, 0.2) is 64.6 Å². The minimum absolute atomic E-state index is 0.145. The number of hydrogen-bond donors (Lipinski definition) is 0. The molecular formula is C21H18N2O3S2. The first-order chi connectivity index (χ1) is 13.7. The van der Waals surface area contributed by atoms with Gasteiger partial charge in [0.1, 0.15) is 11.5 Å². The molecule has 28 heavy (non-hydrogen) atoms.